The number of aliphatic hydroxyl groups excluding tert-OH is 1. The summed E-state index contributed by atoms with van der Waals surface area (Å²) in [7, 11) is 1.84. The highest BCUT2D eigenvalue weighted by atomic mass is 16.6. The van der Waals surface area contributed by atoms with Crippen LogP contribution in [0.3, 0.4) is 0 Å². The van der Waals surface area contributed by atoms with Gasteiger partial charge in [0.25, 0.3) is 5.91 Å². The standard InChI is InChI=1S/C18H21N3O4/c1-21-10-12(9-19-21)16(11-7-13(22)8-11)20-18(23)14-3-2-4-15-17(14)25-6-5-24-15/h2-4,9-11,13,16,22H,5-8H2,1H3,(H,20,23). The molecule has 1 aliphatic heterocycles. The summed E-state index contributed by atoms with van der Waals surface area (Å²) in [5.74, 6) is 1.07. The van der Waals surface area contributed by atoms with Gasteiger partial charge in [-0.3, -0.25) is 9.48 Å². The van der Waals surface area contributed by atoms with Crippen LogP contribution in [0.25, 0.3) is 0 Å². The predicted octanol–water partition coefficient (Wildman–Crippen LogP) is 1.43. The lowest BCUT2D eigenvalue weighted by atomic mass is 9.75. The summed E-state index contributed by atoms with van der Waals surface area (Å²) in [6, 6.07) is 5.13. The number of hydrogen-bond donors (Lipinski definition) is 2. The lowest BCUT2D eigenvalue weighted by molar-refractivity contribution is 0.0234. The molecule has 2 heterocycles. The van der Waals surface area contributed by atoms with Crippen molar-refractivity contribution in [3.63, 3.8) is 0 Å². The maximum Gasteiger partial charge on any atom is 0.255 e. The summed E-state index contributed by atoms with van der Waals surface area (Å²) in [5, 5.41) is 17.0. The number of ether oxygens (including phenoxy) is 2. The van der Waals surface area contributed by atoms with Crippen LogP contribution in [-0.4, -0.2) is 40.1 Å². The third kappa shape index (κ3) is 3.07. The van der Waals surface area contributed by atoms with Gasteiger partial charge in [-0.05, 0) is 30.9 Å². The zero-order valence-corrected chi connectivity index (χ0v) is 14.0. The first-order chi connectivity index (χ1) is 12.1. The van der Waals surface area contributed by atoms with Crippen molar-refractivity contribution in [2.45, 2.75) is 25.0 Å². The van der Waals surface area contributed by atoms with Crippen molar-refractivity contribution < 1.29 is 19.4 Å². The van der Waals surface area contributed by atoms with Gasteiger partial charge in [0.2, 0.25) is 0 Å². The molecule has 0 bridgehead atoms. The number of carbonyl (C=O) groups is 1. The maximum absolute atomic E-state index is 12.9. The predicted molar refractivity (Wildman–Crippen MR) is 89.6 cm³/mol. The molecular weight excluding hydrogens is 322 g/mol. The molecule has 2 aliphatic rings. The first kappa shape index (κ1) is 16.0. The van der Waals surface area contributed by atoms with Crippen molar-refractivity contribution in [2.24, 2.45) is 13.0 Å². The summed E-state index contributed by atoms with van der Waals surface area (Å²) in [5.41, 5.74) is 1.40. The highest BCUT2D eigenvalue weighted by Crippen LogP contribution is 2.39. The van der Waals surface area contributed by atoms with Gasteiger partial charge in [0.15, 0.2) is 11.5 Å². The molecule has 4 rings (SSSR count). The summed E-state index contributed by atoms with van der Waals surface area (Å²) in [4.78, 5) is 12.9. The van der Waals surface area contributed by atoms with E-state index in [0.717, 1.165) is 5.56 Å². The third-order valence-corrected chi connectivity index (χ3v) is 4.80. The molecule has 1 fully saturated rings. The van der Waals surface area contributed by atoms with Crippen LogP contribution in [-0.2, 0) is 7.05 Å². The third-order valence-electron chi connectivity index (χ3n) is 4.80. The highest BCUT2D eigenvalue weighted by molar-refractivity contribution is 5.98. The van der Waals surface area contributed by atoms with E-state index in [1.807, 2.05) is 13.2 Å². The van der Waals surface area contributed by atoms with E-state index in [0.29, 0.717) is 43.1 Å². The molecule has 1 amide bonds. The summed E-state index contributed by atoms with van der Waals surface area (Å²) >= 11 is 0. The van der Waals surface area contributed by atoms with Gasteiger partial charge in [-0.2, -0.15) is 5.10 Å². The van der Waals surface area contributed by atoms with Crippen LogP contribution in [0, 0.1) is 5.92 Å². The van der Waals surface area contributed by atoms with Crippen LogP contribution >= 0.6 is 0 Å². The molecule has 1 atom stereocenters. The Balaban J connectivity index is 1.59. The van der Waals surface area contributed by atoms with E-state index in [4.69, 9.17) is 9.47 Å². The molecule has 25 heavy (non-hydrogen) atoms. The fourth-order valence-corrected chi connectivity index (χ4v) is 3.45. The van der Waals surface area contributed by atoms with E-state index in [-0.39, 0.29) is 24.0 Å². The molecule has 0 radical (unpaired) electrons. The topological polar surface area (TPSA) is 85.6 Å². The summed E-state index contributed by atoms with van der Waals surface area (Å²) in [6.45, 7) is 0.911. The minimum absolute atomic E-state index is 0.190. The van der Waals surface area contributed by atoms with Crippen molar-refractivity contribution in [3.05, 3.63) is 41.7 Å². The van der Waals surface area contributed by atoms with Gasteiger partial charge < -0.3 is 19.9 Å². The van der Waals surface area contributed by atoms with E-state index >= 15 is 0 Å². The van der Waals surface area contributed by atoms with E-state index in [1.165, 1.54) is 0 Å². The van der Waals surface area contributed by atoms with Crippen LogP contribution in [0.1, 0.15) is 34.8 Å². The Hall–Kier alpha value is -2.54. The Bertz CT molecular complexity index is 782. The minimum Gasteiger partial charge on any atom is -0.486 e. The average Bonchev–Trinajstić information content (AvgIpc) is 3.02. The van der Waals surface area contributed by atoms with Gasteiger partial charge >= 0.3 is 0 Å². The molecule has 132 valence electrons. The first-order valence-electron chi connectivity index (χ1n) is 8.48. The van der Waals surface area contributed by atoms with Gasteiger partial charge in [0.1, 0.15) is 13.2 Å². The molecular formula is C18H21N3O4. The lowest BCUT2D eigenvalue weighted by Gasteiger charge is -2.37. The number of aliphatic hydroxyl groups is 1. The fourth-order valence-electron chi connectivity index (χ4n) is 3.45. The number of nitrogens with one attached hydrogen (secondary N) is 1. The Kier molecular flexibility index (Phi) is 4.09. The molecule has 2 aromatic rings. The van der Waals surface area contributed by atoms with Gasteiger partial charge in [0.05, 0.1) is 23.9 Å². The van der Waals surface area contributed by atoms with E-state index in [1.54, 1.807) is 29.1 Å². The average molecular weight is 343 g/mol. The van der Waals surface area contributed by atoms with Gasteiger partial charge in [-0.25, -0.2) is 0 Å². The molecule has 7 heteroatoms. The second-order valence-electron chi connectivity index (χ2n) is 6.61. The largest absolute Gasteiger partial charge is 0.486 e. The minimum atomic E-state index is -0.290. The van der Waals surface area contributed by atoms with Crippen molar-refractivity contribution in [1.29, 1.82) is 0 Å². The Labute approximate surface area is 145 Å². The SMILES string of the molecule is Cn1cc(C(NC(=O)c2cccc3c2OCCO3)C2CC(O)C2)cn1. The Morgan fingerprint density at radius 3 is 2.88 bits per heavy atom. The van der Waals surface area contributed by atoms with Gasteiger partial charge in [-0.15, -0.1) is 0 Å². The van der Waals surface area contributed by atoms with Crippen molar-refractivity contribution in [2.75, 3.05) is 13.2 Å². The van der Waals surface area contributed by atoms with Gasteiger partial charge in [0, 0.05) is 18.8 Å². The molecule has 1 aromatic heterocycles. The number of para-hydroxylation sites is 1. The number of nitrogens with zero attached hydrogens (tertiary/aromatic N) is 2. The lowest BCUT2D eigenvalue weighted by Crippen LogP contribution is -2.41. The number of rotatable bonds is 4. The molecule has 1 aromatic carbocycles. The second kappa shape index (κ2) is 6.40. The van der Waals surface area contributed by atoms with E-state index in [2.05, 4.69) is 10.4 Å². The quantitative estimate of drug-likeness (QED) is 0.877. The smallest absolute Gasteiger partial charge is 0.255 e. The van der Waals surface area contributed by atoms with Crippen LogP contribution in [0.5, 0.6) is 11.5 Å². The second-order valence-corrected chi connectivity index (χ2v) is 6.61. The highest BCUT2D eigenvalue weighted by Gasteiger charge is 2.37. The van der Waals surface area contributed by atoms with Crippen molar-refractivity contribution in [3.8, 4) is 11.5 Å². The monoisotopic (exact) mass is 343 g/mol. The van der Waals surface area contributed by atoms with Crippen LogP contribution in [0.4, 0.5) is 0 Å². The Morgan fingerprint density at radius 1 is 1.36 bits per heavy atom. The van der Waals surface area contributed by atoms with Crippen LogP contribution in [0.2, 0.25) is 0 Å². The molecule has 1 saturated carbocycles. The van der Waals surface area contributed by atoms with Crippen LogP contribution < -0.4 is 14.8 Å². The van der Waals surface area contributed by atoms with E-state index < -0.39 is 0 Å². The first-order valence-corrected chi connectivity index (χ1v) is 8.48. The number of amides is 1. The molecule has 1 unspecified atom stereocenters. The molecule has 2 N–H and O–H groups in total. The number of fused-ring (bicyclic) bond motifs is 1. The van der Waals surface area contributed by atoms with E-state index in [9.17, 15) is 9.90 Å². The Morgan fingerprint density at radius 2 is 2.16 bits per heavy atom. The summed E-state index contributed by atoms with van der Waals surface area (Å²) < 4.78 is 12.9. The van der Waals surface area contributed by atoms with Crippen molar-refractivity contribution >= 4 is 5.91 Å². The number of carbonyl (C=O) groups excluding carboxylic acids is 1. The normalized spacial score (nSPS) is 22.8. The van der Waals surface area contributed by atoms with Crippen LogP contribution in [0.15, 0.2) is 30.6 Å². The molecule has 0 spiro atoms. The zero-order chi connectivity index (χ0) is 17.4. The van der Waals surface area contributed by atoms with Gasteiger partial charge in [-0.1, -0.05) is 6.07 Å². The molecule has 0 saturated heterocycles. The molecule has 1 aliphatic carbocycles. The number of aromatic nitrogens is 2. The zero-order valence-electron chi connectivity index (χ0n) is 14.0. The number of aryl methyl sites for hydroxylation is 1. The molecule has 7 nitrogen and oxygen atoms in total. The van der Waals surface area contributed by atoms with Crippen molar-refractivity contribution in [1.82, 2.24) is 15.1 Å². The summed E-state index contributed by atoms with van der Waals surface area (Å²) in [6.07, 6.45) is 4.71. The number of hydrogen-bond acceptors (Lipinski definition) is 5. The number of benzene rings is 1. The fraction of sp³-hybridized carbons (Fsp3) is 0.444. The maximum atomic E-state index is 12.9.